The Morgan fingerprint density at radius 2 is 1.68 bits per heavy atom. The quantitative estimate of drug-likeness (QED) is 0.435. The second kappa shape index (κ2) is 9.05. The van der Waals surface area contributed by atoms with Gasteiger partial charge in [-0.15, -0.1) is 5.10 Å². The van der Waals surface area contributed by atoms with E-state index in [1.807, 2.05) is 10.6 Å². The Hall–Kier alpha value is -3.48. The average molecular weight is 459 g/mol. The summed E-state index contributed by atoms with van der Waals surface area (Å²) < 4.78 is 15.6. The third-order valence-corrected chi connectivity index (χ3v) is 6.69. The zero-order valence-electron chi connectivity index (χ0n) is 20.3. The number of fused-ring (bicyclic) bond motifs is 1. The number of anilines is 2. The van der Waals surface area contributed by atoms with Gasteiger partial charge in [0.25, 0.3) is 5.78 Å². The highest BCUT2D eigenvalue weighted by Gasteiger charge is 2.25. The maximum Gasteiger partial charge on any atom is 0.254 e. The van der Waals surface area contributed by atoms with Gasteiger partial charge in [-0.2, -0.15) is 9.50 Å². The molecule has 0 N–H and O–H groups in total. The third-order valence-electron chi connectivity index (χ3n) is 6.69. The third kappa shape index (κ3) is 4.22. The summed E-state index contributed by atoms with van der Waals surface area (Å²) in [5.74, 6) is 2.10. The van der Waals surface area contributed by atoms with Gasteiger partial charge in [0, 0.05) is 49.5 Å². The Balaban J connectivity index is 1.45. The predicted octanol–water partition coefficient (Wildman–Crippen LogP) is 4.67. The van der Waals surface area contributed by atoms with Gasteiger partial charge in [0.2, 0.25) is 0 Å². The van der Waals surface area contributed by atoms with Crippen LogP contribution in [-0.2, 0) is 12.8 Å². The predicted molar refractivity (Wildman–Crippen MR) is 134 cm³/mol. The van der Waals surface area contributed by atoms with Crippen LogP contribution in [0.25, 0.3) is 5.78 Å². The molecule has 0 amide bonds. The maximum absolute atomic E-state index is 13.7. The monoisotopic (exact) mass is 458 g/mol. The Kier molecular flexibility index (Phi) is 5.94. The molecule has 176 valence electrons. The number of hydrogen-bond acceptors (Lipinski definition) is 5. The molecule has 6 nitrogen and oxygen atoms in total. The molecule has 1 aliphatic rings. The summed E-state index contributed by atoms with van der Waals surface area (Å²) in [6.45, 7) is 12.2. The van der Waals surface area contributed by atoms with Gasteiger partial charge in [0.1, 0.15) is 11.6 Å². The topological polar surface area (TPSA) is 49.6 Å². The molecule has 5 rings (SSSR count). The summed E-state index contributed by atoms with van der Waals surface area (Å²) in [6.07, 6.45) is 1.35. The van der Waals surface area contributed by atoms with E-state index in [0.29, 0.717) is 18.0 Å². The molecule has 3 heterocycles. The fourth-order valence-corrected chi connectivity index (χ4v) is 5.03. The summed E-state index contributed by atoms with van der Waals surface area (Å²) in [5.41, 5.74) is 6.98. The molecular weight excluding hydrogens is 427 g/mol. The lowest BCUT2D eigenvalue weighted by atomic mass is 10.1. The molecule has 34 heavy (non-hydrogen) atoms. The molecule has 0 radical (unpaired) electrons. The van der Waals surface area contributed by atoms with Crippen molar-refractivity contribution in [2.45, 2.75) is 40.5 Å². The number of nitrogens with zero attached hydrogens (tertiary/aromatic N) is 6. The van der Waals surface area contributed by atoms with Gasteiger partial charge >= 0.3 is 0 Å². The van der Waals surface area contributed by atoms with E-state index < -0.39 is 0 Å². The van der Waals surface area contributed by atoms with Gasteiger partial charge in [-0.3, -0.25) is 0 Å². The van der Waals surface area contributed by atoms with Gasteiger partial charge < -0.3 is 9.80 Å². The average Bonchev–Trinajstić information content (AvgIpc) is 3.20. The van der Waals surface area contributed by atoms with Crippen LogP contribution in [0.1, 0.15) is 40.7 Å². The SMILES string of the molecule is CCc1c(C)nc2nc(Cc3cccc(F)c3)nn2c1N1CCN(c2ccc(C)cc2C)CC1. The van der Waals surface area contributed by atoms with E-state index in [0.717, 1.165) is 49.7 Å². The lowest BCUT2D eigenvalue weighted by Gasteiger charge is -2.38. The van der Waals surface area contributed by atoms with Gasteiger partial charge in [-0.25, -0.2) is 9.37 Å². The molecule has 2 aromatic carbocycles. The number of benzene rings is 2. The minimum Gasteiger partial charge on any atom is -0.368 e. The second-order valence-corrected chi connectivity index (χ2v) is 9.16. The van der Waals surface area contributed by atoms with Crippen molar-refractivity contribution in [3.8, 4) is 0 Å². The zero-order valence-corrected chi connectivity index (χ0v) is 20.3. The first kappa shape index (κ1) is 22.3. The first-order valence-corrected chi connectivity index (χ1v) is 12.0. The van der Waals surface area contributed by atoms with Crippen molar-refractivity contribution in [1.29, 1.82) is 0 Å². The number of hydrogen-bond donors (Lipinski definition) is 0. The summed E-state index contributed by atoms with van der Waals surface area (Å²) in [5, 5.41) is 4.83. The van der Waals surface area contributed by atoms with Crippen LogP contribution in [0.4, 0.5) is 15.9 Å². The van der Waals surface area contributed by atoms with Crippen molar-refractivity contribution < 1.29 is 4.39 Å². The molecule has 1 aliphatic heterocycles. The van der Waals surface area contributed by atoms with Gasteiger partial charge in [0.15, 0.2) is 5.82 Å². The van der Waals surface area contributed by atoms with E-state index in [4.69, 9.17) is 15.1 Å². The van der Waals surface area contributed by atoms with E-state index in [9.17, 15) is 4.39 Å². The number of rotatable bonds is 5. The molecule has 7 heteroatoms. The van der Waals surface area contributed by atoms with Gasteiger partial charge in [0.05, 0.1) is 0 Å². The molecule has 0 aliphatic carbocycles. The van der Waals surface area contributed by atoms with Gasteiger partial charge in [-0.05, 0) is 56.5 Å². The van der Waals surface area contributed by atoms with Crippen molar-refractivity contribution >= 4 is 17.3 Å². The summed E-state index contributed by atoms with van der Waals surface area (Å²) in [6, 6.07) is 13.3. The van der Waals surface area contributed by atoms with Crippen molar-refractivity contribution in [2.24, 2.45) is 0 Å². The number of aromatic nitrogens is 4. The van der Waals surface area contributed by atoms with Crippen LogP contribution < -0.4 is 9.80 Å². The minimum atomic E-state index is -0.245. The van der Waals surface area contributed by atoms with E-state index in [-0.39, 0.29) is 5.82 Å². The van der Waals surface area contributed by atoms with Crippen LogP contribution in [0, 0.1) is 26.6 Å². The highest BCUT2D eigenvalue weighted by molar-refractivity contribution is 5.59. The van der Waals surface area contributed by atoms with Crippen LogP contribution in [-0.4, -0.2) is 45.8 Å². The van der Waals surface area contributed by atoms with Crippen molar-refractivity contribution in [2.75, 3.05) is 36.0 Å². The molecule has 4 aromatic rings. The lowest BCUT2D eigenvalue weighted by molar-refractivity contribution is 0.625. The van der Waals surface area contributed by atoms with E-state index >= 15 is 0 Å². The van der Waals surface area contributed by atoms with Crippen LogP contribution in [0.2, 0.25) is 0 Å². The van der Waals surface area contributed by atoms with E-state index in [1.54, 1.807) is 6.07 Å². The van der Waals surface area contributed by atoms with Crippen molar-refractivity contribution in [1.82, 2.24) is 19.6 Å². The molecular formula is C27H31FN6. The standard InChI is InChI=1S/C27H31FN6/c1-5-23-20(4)29-27-30-25(17-21-7-6-8-22(28)16-21)31-34(27)26(23)33-13-11-32(12-14-33)24-10-9-18(2)15-19(24)3/h6-10,15-16H,5,11-14,17H2,1-4H3. The van der Waals surface area contributed by atoms with E-state index in [2.05, 4.69) is 55.7 Å². The molecule has 2 aromatic heterocycles. The Morgan fingerprint density at radius 1 is 0.912 bits per heavy atom. The maximum atomic E-state index is 13.7. The highest BCUT2D eigenvalue weighted by atomic mass is 19.1. The summed E-state index contributed by atoms with van der Waals surface area (Å²) >= 11 is 0. The molecule has 0 atom stereocenters. The van der Waals surface area contributed by atoms with Crippen LogP contribution in [0.3, 0.4) is 0 Å². The summed E-state index contributed by atoms with van der Waals surface area (Å²) in [4.78, 5) is 14.3. The fraction of sp³-hybridized carbons (Fsp3) is 0.370. The molecule has 1 fully saturated rings. The van der Waals surface area contributed by atoms with Crippen molar-refractivity contribution in [3.63, 3.8) is 0 Å². The smallest absolute Gasteiger partial charge is 0.254 e. The molecule has 0 spiro atoms. The molecule has 1 saturated heterocycles. The Labute approximate surface area is 200 Å². The molecule has 0 bridgehead atoms. The Bertz CT molecular complexity index is 1340. The second-order valence-electron chi connectivity index (χ2n) is 9.16. The number of halogens is 1. The number of piperazine rings is 1. The first-order chi connectivity index (χ1) is 16.4. The first-order valence-electron chi connectivity index (χ1n) is 12.0. The number of aryl methyl sites for hydroxylation is 3. The fourth-order valence-electron chi connectivity index (χ4n) is 5.03. The minimum absolute atomic E-state index is 0.245. The zero-order chi connectivity index (χ0) is 23.8. The molecule has 0 unspecified atom stereocenters. The Morgan fingerprint density at radius 3 is 2.38 bits per heavy atom. The van der Waals surface area contributed by atoms with Crippen LogP contribution in [0.15, 0.2) is 42.5 Å². The van der Waals surface area contributed by atoms with E-state index in [1.165, 1.54) is 34.5 Å². The lowest BCUT2D eigenvalue weighted by Crippen LogP contribution is -2.47. The van der Waals surface area contributed by atoms with Crippen LogP contribution >= 0.6 is 0 Å². The van der Waals surface area contributed by atoms with Gasteiger partial charge in [-0.1, -0.05) is 36.8 Å². The van der Waals surface area contributed by atoms with Crippen LogP contribution in [0.5, 0.6) is 0 Å². The largest absolute Gasteiger partial charge is 0.368 e. The highest BCUT2D eigenvalue weighted by Crippen LogP contribution is 2.28. The van der Waals surface area contributed by atoms with Crippen molar-refractivity contribution in [3.05, 3.63) is 82.1 Å². The summed E-state index contributed by atoms with van der Waals surface area (Å²) in [7, 11) is 0. The normalized spacial score (nSPS) is 14.3. The molecule has 0 saturated carbocycles.